The first-order chi connectivity index (χ1) is 9.74. The van der Waals surface area contributed by atoms with Crippen LogP contribution in [0.3, 0.4) is 0 Å². The molecular weight excluding hydrogens is 248 g/mol. The highest BCUT2D eigenvalue weighted by atomic mass is 16.1. The average Bonchev–Trinajstić information content (AvgIpc) is 2.91. The Kier molecular flexibility index (Phi) is 3.33. The molecule has 0 atom stereocenters. The van der Waals surface area contributed by atoms with E-state index in [-0.39, 0.29) is 5.78 Å². The predicted molar refractivity (Wildman–Crippen MR) is 79.7 cm³/mol. The van der Waals surface area contributed by atoms with E-state index < -0.39 is 0 Å². The molecule has 0 saturated heterocycles. The summed E-state index contributed by atoms with van der Waals surface area (Å²) in [6.07, 6.45) is 4.54. The molecule has 20 heavy (non-hydrogen) atoms. The molecule has 3 heteroatoms. The van der Waals surface area contributed by atoms with Crippen LogP contribution < -0.4 is 0 Å². The summed E-state index contributed by atoms with van der Waals surface area (Å²) in [7, 11) is 0. The van der Waals surface area contributed by atoms with E-state index >= 15 is 0 Å². The number of aromatic nitrogens is 2. The van der Waals surface area contributed by atoms with Crippen LogP contribution in [0, 0.1) is 6.92 Å². The van der Waals surface area contributed by atoms with E-state index in [2.05, 4.69) is 9.97 Å². The second kappa shape index (κ2) is 5.29. The van der Waals surface area contributed by atoms with Crippen LogP contribution in [0.4, 0.5) is 0 Å². The number of carbonyl (C=O) groups is 1. The molecule has 1 N–H and O–H groups in total. The number of nitrogens with zero attached hydrogens (tertiary/aromatic N) is 1. The minimum Gasteiger partial charge on any atom is -0.346 e. The number of benzene rings is 1. The number of nitrogens with one attached hydrogen (secondary N) is 1. The van der Waals surface area contributed by atoms with Crippen LogP contribution in [0.2, 0.25) is 0 Å². The van der Waals surface area contributed by atoms with E-state index in [0.717, 1.165) is 22.2 Å². The molecule has 3 aromatic rings. The first-order valence-electron chi connectivity index (χ1n) is 6.71. The Bertz CT molecular complexity index is 758. The van der Waals surface area contributed by atoms with Crippen LogP contribution >= 0.6 is 0 Å². The van der Waals surface area contributed by atoms with Gasteiger partial charge in [0.1, 0.15) is 11.4 Å². The van der Waals surface area contributed by atoms with Gasteiger partial charge in [-0.05, 0) is 35.7 Å². The van der Waals surface area contributed by atoms with E-state index in [1.807, 2.05) is 49.5 Å². The third-order valence-electron chi connectivity index (χ3n) is 3.59. The van der Waals surface area contributed by atoms with Gasteiger partial charge in [-0.25, -0.2) is 4.98 Å². The number of hydrogen-bond acceptors (Lipinski definition) is 2. The number of pyridine rings is 1. The molecule has 0 radical (unpaired) electrons. The first kappa shape index (κ1) is 12.6. The normalized spacial score (nSPS) is 10.8. The van der Waals surface area contributed by atoms with Gasteiger partial charge >= 0.3 is 0 Å². The number of aryl methyl sites for hydroxylation is 1. The number of rotatable bonds is 4. The fraction of sp³-hybridized carbons (Fsp3) is 0.176. The lowest BCUT2D eigenvalue weighted by molar-refractivity contribution is -0.117. The molecule has 0 saturated carbocycles. The van der Waals surface area contributed by atoms with Crippen molar-refractivity contribution in [3.8, 4) is 0 Å². The smallest absolute Gasteiger partial charge is 0.141 e. The van der Waals surface area contributed by atoms with Crippen LogP contribution in [0.5, 0.6) is 0 Å². The van der Waals surface area contributed by atoms with Gasteiger partial charge in [-0.1, -0.05) is 24.3 Å². The van der Waals surface area contributed by atoms with E-state index in [0.29, 0.717) is 12.8 Å². The zero-order valence-corrected chi connectivity index (χ0v) is 11.4. The predicted octanol–water partition coefficient (Wildman–Crippen LogP) is 3.23. The molecule has 100 valence electrons. The standard InChI is InChI=1S/C17H16N2O/c1-12-4-2-3-5-13(12)10-15(20)11-14-6-8-18-17-16(14)7-9-19-17/h2-9H,10-11H2,1H3,(H,18,19). The molecule has 0 aliphatic rings. The lowest BCUT2D eigenvalue weighted by atomic mass is 9.99. The number of ketones is 1. The van der Waals surface area contributed by atoms with Crippen molar-refractivity contribution < 1.29 is 4.79 Å². The molecule has 2 aromatic heterocycles. The summed E-state index contributed by atoms with van der Waals surface area (Å²) in [4.78, 5) is 19.6. The second-order valence-electron chi connectivity index (χ2n) is 5.03. The van der Waals surface area contributed by atoms with Crippen molar-refractivity contribution in [1.82, 2.24) is 9.97 Å². The van der Waals surface area contributed by atoms with E-state index in [9.17, 15) is 4.79 Å². The van der Waals surface area contributed by atoms with Crippen LogP contribution in [-0.4, -0.2) is 15.8 Å². The first-order valence-corrected chi connectivity index (χ1v) is 6.71. The van der Waals surface area contributed by atoms with Gasteiger partial charge in [0, 0.05) is 30.6 Å². The number of aromatic amines is 1. The van der Waals surface area contributed by atoms with Gasteiger partial charge in [0.05, 0.1) is 0 Å². The van der Waals surface area contributed by atoms with Crippen molar-refractivity contribution in [2.24, 2.45) is 0 Å². The summed E-state index contributed by atoms with van der Waals surface area (Å²) in [5.74, 6) is 0.230. The van der Waals surface area contributed by atoms with Crippen molar-refractivity contribution in [2.45, 2.75) is 19.8 Å². The van der Waals surface area contributed by atoms with Crippen LogP contribution in [-0.2, 0) is 17.6 Å². The van der Waals surface area contributed by atoms with Gasteiger partial charge in [0.15, 0.2) is 0 Å². The van der Waals surface area contributed by atoms with Crippen LogP contribution in [0.1, 0.15) is 16.7 Å². The third-order valence-corrected chi connectivity index (χ3v) is 3.59. The molecule has 0 fully saturated rings. The minimum atomic E-state index is 0.230. The molecule has 3 rings (SSSR count). The Morgan fingerprint density at radius 2 is 1.90 bits per heavy atom. The minimum absolute atomic E-state index is 0.230. The average molecular weight is 264 g/mol. The molecular formula is C17H16N2O. The van der Waals surface area contributed by atoms with Gasteiger partial charge in [-0.3, -0.25) is 4.79 Å². The molecule has 0 amide bonds. The van der Waals surface area contributed by atoms with Gasteiger partial charge in [0.2, 0.25) is 0 Å². The molecule has 3 nitrogen and oxygen atoms in total. The van der Waals surface area contributed by atoms with E-state index in [1.165, 1.54) is 5.56 Å². The highest BCUT2D eigenvalue weighted by molar-refractivity contribution is 5.89. The second-order valence-corrected chi connectivity index (χ2v) is 5.03. The quantitative estimate of drug-likeness (QED) is 0.786. The molecule has 0 spiro atoms. The number of hydrogen-bond donors (Lipinski definition) is 1. The Labute approximate surface area is 117 Å². The van der Waals surface area contributed by atoms with Gasteiger partial charge in [0.25, 0.3) is 0 Å². The fourth-order valence-corrected chi connectivity index (χ4v) is 2.47. The molecule has 0 unspecified atom stereocenters. The summed E-state index contributed by atoms with van der Waals surface area (Å²) in [5.41, 5.74) is 4.15. The molecule has 2 heterocycles. The fourth-order valence-electron chi connectivity index (χ4n) is 2.47. The van der Waals surface area contributed by atoms with Crippen molar-refractivity contribution >= 4 is 16.8 Å². The van der Waals surface area contributed by atoms with Crippen LogP contribution in [0.15, 0.2) is 48.8 Å². The lowest BCUT2D eigenvalue weighted by Crippen LogP contribution is -2.08. The zero-order valence-electron chi connectivity index (χ0n) is 11.4. The van der Waals surface area contributed by atoms with Gasteiger partial charge in [-0.15, -0.1) is 0 Å². The maximum Gasteiger partial charge on any atom is 0.141 e. The summed E-state index contributed by atoms with van der Waals surface area (Å²) in [5, 5.41) is 1.03. The topological polar surface area (TPSA) is 45.8 Å². The highest BCUT2D eigenvalue weighted by Gasteiger charge is 2.10. The highest BCUT2D eigenvalue weighted by Crippen LogP contribution is 2.17. The van der Waals surface area contributed by atoms with Crippen molar-refractivity contribution in [1.29, 1.82) is 0 Å². The van der Waals surface area contributed by atoms with Gasteiger partial charge in [-0.2, -0.15) is 0 Å². The third kappa shape index (κ3) is 2.48. The molecule has 1 aromatic carbocycles. The Hall–Kier alpha value is -2.42. The SMILES string of the molecule is Cc1ccccc1CC(=O)Cc1ccnc2[nH]ccc12. The van der Waals surface area contributed by atoms with Crippen molar-refractivity contribution in [3.63, 3.8) is 0 Å². The summed E-state index contributed by atoms with van der Waals surface area (Å²) >= 11 is 0. The maximum atomic E-state index is 12.3. The Balaban J connectivity index is 1.80. The number of Topliss-reactive ketones (excluding diaryl/α,β-unsaturated/α-hetero) is 1. The number of carbonyl (C=O) groups excluding carboxylic acids is 1. The van der Waals surface area contributed by atoms with E-state index in [1.54, 1.807) is 6.20 Å². The van der Waals surface area contributed by atoms with Crippen LogP contribution in [0.25, 0.3) is 11.0 Å². The Morgan fingerprint density at radius 3 is 2.75 bits per heavy atom. The summed E-state index contributed by atoms with van der Waals surface area (Å²) in [6, 6.07) is 11.9. The zero-order chi connectivity index (χ0) is 13.9. The largest absolute Gasteiger partial charge is 0.346 e. The Morgan fingerprint density at radius 1 is 1.10 bits per heavy atom. The van der Waals surface area contributed by atoms with E-state index in [4.69, 9.17) is 0 Å². The van der Waals surface area contributed by atoms with Gasteiger partial charge < -0.3 is 4.98 Å². The lowest BCUT2D eigenvalue weighted by Gasteiger charge is -2.05. The monoisotopic (exact) mass is 264 g/mol. The summed E-state index contributed by atoms with van der Waals surface area (Å²) in [6.45, 7) is 2.04. The number of fused-ring (bicyclic) bond motifs is 1. The van der Waals surface area contributed by atoms with Crippen molar-refractivity contribution in [3.05, 3.63) is 65.5 Å². The molecule has 0 aliphatic heterocycles. The summed E-state index contributed by atoms with van der Waals surface area (Å²) < 4.78 is 0. The molecule has 0 bridgehead atoms. The number of H-pyrrole nitrogens is 1. The molecule has 0 aliphatic carbocycles. The van der Waals surface area contributed by atoms with Crippen molar-refractivity contribution in [2.75, 3.05) is 0 Å². The maximum absolute atomic E-state index is 12.3.